The highest BCUT2D eigenvalue weighted by atomic mass is 79.9. The molecular weight excluding hydrogens is 300 g/mol. The number of hydrogen-bond donors (Lipinski definition) is 1. The van der Waals surface area contributed by atoms with Crippen molar-refractivity contribution >= 4 is 33.2 Å². The Morgan fingerprint density at radius 2 is 2.35 bits per heavy atom. The number of nitrogens with zero attached hydrogens (tertiary/aromatic N) is 1. The fraction of sp³-hybridized carbons (Fsp3) is 0.538. The average Bonchev–Trinajstić information content (AvgIpc) is 2.33. The van der Waals surface area contributed by atoms with Crippen LogP contribution in [0.3, 0.4) is 0 Å². The summed E-state index contributed by atoms with van der Waals surface area (Å²) in [4.78, 5) is 2.43. The Bertz CT molecular complexity index is 382. The van der Waals surface area contributed by atoms with Gasteiger partial charge in [0.05, 0.1) is 5.02 Å². The molecular formula is C13H18BrClN2. The predicted octanol–water partition coefficient (Wildman–Crippen LogP) is 3.68. The lowest BCUT2D eigenvalue weighted by molar-refractivity contribution is 0.431. The molecule has 1 aliphatic rings. The molecule has 1 fully saturated rings. The van der Waals surface area contributed by atoms with Crippen molar-refractivity contribution in [2.45, 2.75) is 25.8 Å². The molecule has 1 N–H and O–H groups in total. The number of hydrogen-bond acceptors (Lipinski definition) is 2. The lowest BCUT2D eigenvalue weighted by Gasteiger charge is -2.35. The minimum absolute atomic E-state index is 0.614. The maximum atomic E-state index is 6.02. The van der Waals surface area contributed by atoms with E-state index in [1.807, 2.05) is 6.07 Å². The number of rotatable bonds is 3. The molecule has 1 heterocycles. The van der Waals surface area contributed by atoms with Crippen molar-refractivity contribution in [1.82, 2.24) is 5.32 Å². The van der Waals surface area contributed by atoms with Gasteiger partial charge in [-0.2, -0.15) is 0 Å². The van der Waals surface area contributed by atoms with Gasteiger partial charge in [-0.25, -0.2) is 0 Å². The summed E-state index contributed by atoms with van der Waals surface area (Å²) in [6.45, 7) is 5.45. The Morgan fingerprint density at radius 1 is 1.53 bits per heavy atom. The van der Waals surface area contributed by atoms with Gasteiger partial charge in [-0.15, -0.1) is 0 Å². The number of nitrogens with one attached hydrogen (secondary N) is 1. The van der Waals surface area contributed by atoms with E-state index in [4.69, 9.17) is 11.6 Å². The van der Waals surface area contributed by atoms with Crippen LogP contribution in [0.5, 0.6) is 0 Å². The van der Waals surface area contributed by atoms with Crippen LogP contribution >= 0.6 is 27.5 Å². The molecule has 17 heavy (non-hydrogen) atoms. The van der Waals surface area contributed by atoms with Crippen LogP contribution in [0.25, 0.3) is 0 Å². The Hall–Kier alpha value is -0.250. The Kier molecular flexibility index (Phi) is 4.71. The van der Waals surface area contributed by atoms with Crippen LogP contribution in [0.4, 0.5) is 5.69 Å². The Labute approximate surface area is 116 Å². The zero-order chi connectivity index (χ0) is 12.3. The molecule has 2 nitrogen and oxygen atoms in total. The topological polar surface area (TPSA) is 15.3 Å². The van der Waals surface area contributed by atoms with Crippen LogP contribution in [0.2, 0.25) is 5.02 Å². The largest absolute Gasteiger partial charge is 0.369 e. The van der Waals surface area contributed by atoms with E-state index in [1.54, 1.807) is 0 Å². The molecule has 0 saturated carbocycles. The van der Waals surface area contributed by atoms with Gasteiger partial charge in [0.1, 0.15) is 0 Å². The Morgan fingerprint density at radius 3 is 3.06 bits per heavy atom. The molecule has 1 aromatic rings. The third-order valence-electron chi connectivity index (χ3n) is 3.16. The Balaban J connectivity index is 2.08. The molecule has 1 atom stereocenters. The summed E-state index contributed by atoms with van der Waals surface area (Å²) in [7, 11) is 0. The second-order valence-electron chi connectivity index (χ2n) is 4.48. The molecule has 2 rings (SSSR count). The summed E-state index contributed by atoms with van der Waals surface area (Å²) in [5.41, 5.74) is 1.25. The second-order valence-corrected chi connectivity index (χ2v) is 5.75. The highest BCUT2D eigenvalue weighted by Gasteiger charge is 2.19. The van der Waals surface area contributed by atoms with Gasteiger partial charge in [0, 0.05) is 35.8 Å². The summed E-state index contributed by atoms with van der Waals surface area (Å²) < 4.78 is 0.974. The summed E-state index contributed by atoms with van der Waals surface area (Å²) >= 11 is 9.50. The first-order chi connectivity index (χ1) is 8.20. The quantitative estimate of drug-likeness (QED) is 0.915. The second kappa shape index (κ2) is 6.07. The van der Waals surface area contributed by atoms with E-state index in [-0.39, 0.29) is 0 Å². The maximum absolute atomic E-state index is 6.02. The predicted molar refractivity (Wildman–Crippen MR) is 78.1 cm³/mol. The molecule has 1 aliphatic heterocycles. The highest BCUT2D eigenvalue weighted by Crippen LogP contribution is 2.28. The van der Waals surface area contributed by atoms with Gasteiger partial charge in [-0.3, -0.25) is 0 Å². The monoisotopic (exact) mass is 316 g/mol. The van der Waals surface area contributed by atoms with Gasteiger partial charge in [-0.1, -0.05) is 24.9 Å². The van der Waals surface area contributed by atoms with Crippen LogP contribution in [-0.2, 0) is 0 Å². The molecule has 0 bridgehead atoms. The standard InChI is InChI=1S/C13H18BrClN2/c1-2-3-10-9-17(7-6-16-10)11-4-5-13(15)12(14)8-11/h4-5,8,10,16H,2-3,6-7,9H2,1H3. The van der Waals surface area contributed by atoms with Crippen molar-refractivity contribution in [3.63, 3.8) is 0 Å². The number of piperazine rings is 1. The molecule has 1 saturated heterocycles. The molecule has 0 amide bonds. The highest BCUT2D eigenvalue weighted by molar-refractivity contribution is 9.10. The van der Waals surface area contributed by atoms with Crippen molar-refractivity contribution in [2.75, 3.05) is 24.5 Å². The van der Waals surface area contributed by atoms with E-state index >= 15 is 0 Å². The fourth-order valence-electron chi connectivity index (χ4n) is 2.28. The minimum atomic E-state index is 0.614. The third-order valence-corrected chi connectivity index (χ3v) is 4.37. The molecule has 0 radical (unpaired) electrons. The van der Waals surface area contributed by atoms with Gasteiger partial charge in [0.2, 0.25) is 0 Å². The average molecular weight is 318 g/mol. The van der Waals surface area contributed by atoms with Crippen LogP contribution in [0.1, 0.15) is 19.8 Å². The molecule has 1 unspecified atom stereocenters. The van der Waals surface area contributed by atoms with Crippen molar-refractivity contribution < 1.29 is 0 Å². The fourth-order valence-corrected chi connectivity index (χ4v) is 2.77. The molecule has 0 aliphatic carbocycles. The summed E-state index contributed by atoms with van der Waals surface area (Å²) in [5, 5.41) is 4.34. The normalized spacial score (nSPS) is 20.6. The molecule has 0 aromatic heterocycles. The molecule has 4 heteroatoms. The number of halogens is 2. The van der Waals surface area contributed by atoms with Crippen molar-refractivity contribution in [3.8, 4) is 0 Å². The van der Waals surface area contributed by atoms with Gasteiger partial charge in [0.25, 0.3) is 0 Å². The first-order valence-electron chi connectivity index (χ1n) is 6.14. The summed E-state index contributed by atoms with van der Waals surface area (Å²) in [6, 6.07) is 6.78. The van der Waals surface area contributed by atoms with Crippen LogP contribution in [0.15, 0.2) is 22.7 Å². The van der Waals surface area contributed by atoms with E-state index in [0.29, 0.717) is 6.04 Å². The first kappa shape index (κ1) is 13.2. The third kappa shape index (κ3) is 3.36. The lowest BCUT2D eigenvalue weighted by atomic mass is 10.1. The van der Waals surface area contributed by atoms with E-state index in [1.165, 1.54) is 18.5 Å². The van der Waals surface area contributed by atoms with Crippen molar-refractivity contribution in [2.24, 2.45) is 0 Å². The van der Waals surface area contributed by atoms with E-state index in [9.17, 15) is 0 Å². The summed E-state index contributed by atoms with van der Waals surface area (Å²) in [5.74, 6) is 0. The van der Waals surface area contributed by atoms with Gasteiger partial charge >= 0.3 is 0 Å². The zero-order valence-corrected chi connectivity index (χ0v) is 12.4. The van der Waals surface area contributed by atoms with Crippen LogP contribution in [0, 0.1) is 0 Å². The number of anilines is 1. The summed E-state index contributed by atoms with van der Waals surface area (Å²) in [6.07, 6.45) is 2.47. The zero-order valence-electron chi connectivity index (χ0n) is 10.0. The van der Waals surface area contributed by atoms with E-state index in [0.717, 1.165) is 29.1 Å². The van der Waals surface area contributed by atoms with Gasteiger partial charge in [-0.05, 0) is 40.5 Å². The molecule has 94 valence electrons. The van der Waals surface area contributed by atoms with Crippen molar-refractivity contribution in [1.29, 1.82) is 0 Å². The first-order valence-corrected chi connectivity index (χ1v) is 7.31. The van der Waals surface area contributed by atoms with Gasteiger partial charge in [0.15, 0.2) is 0 Å². The SMILES string of the molecule is CCCC1CN(c2ccc(Cl)c(Br)c2)CCN1. The smallest absolute Gasteiger partial charge is 0.0549 e. The van der Waals surface area contributed by atoms with Crippen LogP contribution < -0.4 is 10.2 Å². The van der Waals surface area contributed by atoms with Crippen LogP contribution in [-0.4, -0.2) is 25.7 Å². The minimum Gasteiger partial charge on any atom is -0.369 e. The van der Waals surface area contributed by atoms with E-state index in [2.05, 4.69) is 45.2 Å². The van der Waals surface area contributed by atoms with Crippen molar-refractivity contribution in [3.05, 3.63) is 27.7 Å². The molecule has 0 spiro atoms. The van der Waals surface area contributed by atoms with E-state index < -0.39 is 0 Å². The number of benzene rings is 1. The maximum Gasteiger partial charge on any atom is 0.0549 e. The molecule has 1 aromatic carbocycles. The lowest BCUT2D eigenvalue weighted by Crippen LogP contribution is -2.50. The van der Waals surface area contributed by atoms with Gasteiger partial charge < -0.3 is 10.2 Å².